The molecule has 2 N–H and O–H groups in total. The van der Waals surface area contributed by atoms with Gasteiger partial charge >= 0.3 is 0 Å². The zero-order valence-electron chi connectivity index (χ0n) is 10.3. The second-order valence-corrected chi connectivity index (χ2v) is 5.23. The van der Waals surface area contributed by atoms with Crippen molar-refractivity contribution in [1.29, 1.82) is 0 Å². The van der Waals surface area contributed by atoms with E-state index < -0.39 is 0 Å². The molecule has 1 rings (SSSR count). The predicted molar refractivity (Wildman–Crippen MR) is 70.1 cm³/mol. The highest BCUT2D eigenvalue weighted by molar-refractivity contribution is 7.80. The van der Waals surface area contributed by atoms with Gasteiger partial charge in [-0.1, -0.05) is 33.0 Å². The van der Waals surface area contributed by atoms with Crippen LogP contribution in [0.4, 0.5) is 0 Å². The Morgan fingerprint density at radius 3 is 2.33 bits per heavy atom. The van der Waals surface area contributed by atoms with Crippen LogP contribution in [0.15, 0.2) is 0 Å². The molecule has 0 amide bonds. The van der Waals surface area contributed by atoms with Crippen LogP contribution in [0.1, 0.15) is 46.5 Å². The molecular weight excluding hydrogens is 204 g/mol. The van der Waals surface area contributed by atoms with Gasteiger partial charge in [0, 0.05) is 6.54 Å². The van der Waals surface area contributed by atoms with E-state index in [4.69, 9.17) is 18.0 Å². The molecule has 88 valence electrons. The molecule has 0 bridgehead atoms. The smallest absolute Gasteiger partial charge is 0.0901 e. The van der Waals surface area contributed by atoms with Crippen molar-refractivity contribution in [2.24, 2.45) is 11.1 Å². The van der Waals surface area contributed by atoms with Crippen LogP contribution < -0.4 is 5.73 Å². The van der Waals surface area contributed by atoms with E-state index in [1.165, 1.54) is 25.8 Å². The van der Waals surface area contributed by atoms with Crippen LogP contribution in [0, 0.1) is 5.41 Å². The second-order valence-electron chi connectivity index (χ2n) is 4.75. The summed E-state index contributed by atoms with van der Waals surface area (Å²) in [6.45, 7) is 9.11. The largest absolute Gasteiger partial charge is 0.392 e. The topological polar surface area (TPSA) is 29.3 Å². The van der Waals surface area contributed by atoms with Gasteiger partial charge in [0.1, 0.15) is 0 Å². The van der Waals surface area contributed by atoms with E-state index in [1.807, 2.05) is 0 Å². The van der Waals surface area contributed by atoms with E-state index in [0.717, 1.165) is 13.0 Å². The van der Waals surface area contributed by atoms with Crippen LogP contribution in [-0.2, 0) is 0 Å². The highest BCUT2D eigenvalue weighted by Gasteiger charge is 2.37. The van der Waals surface area contributed by atoms with Gasteiger partial charge in [-0.05, 0) is 37.6 Å². The highest BCUT2D eigenvalue weighted by atomic mass is 32.1. The Hall–Kier alpha value is -0.150. The molecular formula is C12H24N2S. The summed E-state index contributed by atoms with van der Waals surface area (Å²) in [5, 5.41) is 0. The van der Waals surface area contributed by atoms with E-state index in [1.54, 1.807) is 0 Å². The van der Waals surface area contributed by atoms with E-state index in [2.05, 4.69) is 25.7 Å². The third-order valence-electron chi connectivity index (χ3n) is 4.12. The molecule has 1 saturated heterocycles. The number of nitrogens with zero attached hydrogens (tertiary/aromatic N) is 1. The maximum absolute atomic E-state index is 5.79. The standard InChI is InChI=1S/C12H24N2S/c1-4-10(11(13)15)14-8-7-12(5-2,6-3)9-14/h10H,4-9H2,1-3H3,(H2,13,15). The molecule has 0 aromatic heterocycles. The molecule has 1 aliphatic rings. The van der Waals surface area contributed by atoms with Gasteiger partial charge in [-0.2, -0.15) is 0 Å². The minimum Gasteiger partial charge on any atom is -0.392 e. The van der Waals surface area contributed by atoms with E-state index in [9.17, 15) is 0 Å². The molecule has 1 aliphatic heterocycles. The van der Waals surface area contributed by atoms with Gasteiger partial charge in [0.25, 0.3) is 0 Å². The molecule has 0 saturated carbocycles. The Kier molecular flexibility index (Phi) is 4.53. The fraction of sp³-hybridized carbons (Fsp3) is 0.917. The maximum Gasteiger partial charge on any atom is 0.0901 e. The molecule has 1 atom stereocenters. The normalized spacial score (nSPS) is 22.9. The fourth-order valence-electron chi connectivity index (χ4n) is 2.70. The lowest BCUT2D eigenvalue weighted by atomic mass is 9.82. The minimum atomic E-state index is 0.319. The van der Waals surface area contributed by atoms with Gasteiger partial charge in [-0.15, -0.1) is 0 Å². The summed E-state index contributed by atoms with van der Waals surface area (Å²) < 4.78 is 0. The zero-order chi connectivity index (χ0) is 11.5. The molecule has 1 fully saturated rings. The number of thiocarbonyl (C=S) groups is 1. The van der Waals surface area contributed by atoms with Crippen molar-refractivity contribution < 1.29 is 0 Å². The number of rotatable bonds is 5. The maximum atomic E-state index is 5.79. The first kappa shape index (κ1) is 12.9. The quantitative estimate of drug-likeness (QED) is 0.733. The minimum absolute atomic E-state index is 0.319. The van der Waals surface area contributed by atoms with Crippen LogP contribution >= 0.6 is 12.2 Å². The van der Waals surface area contributed by atoms with E-state index >= 15 is 0 Å². The Balaban J connectivity index is 2.65. The SMILES string of the molecule is CCC(C(N)=S)N1CCC(CC)(CC)C1. The summed E-state index contributed by atoms with van der Waals surface area (Å²) in [7, 11) is 0. The molecule has 2 nitrogen and oxygen atoms in total. The van der Waals surface area contributed by atoms with E-state index in [-0.39, 0.29) is 0 Å². The molecule has 3 heteroatoms. The van der Waals surface area contributed by atoms with Crippen molar-refractivity contribution >= 4 is 17.2 Å². The first-order chi connectivity index (χ1) is 7.08. The Bertz CT molecular complexity index is 224. The number of likely N-dealkylation sites (tertiary alicyclic amines) is 1. The molecule has 1 heterocycles. The monoisotopic (exact) mass is 228 g/mol. The van der Waals surface area contributed by atoms with Gasteiger partial charge in [0.2, 0.25) is 0 Å². The number of hydrogen-bond donors (Lipinski definition) is 1. The average molecular weight is 228 g/mol. The van der Waals surface area contributed by atoms with Crippen molar-refractivity contribution in [3.05, 3.63) is 0 Å². The predicted octanol–water partition coefficient (Wildman–Crippen LogP) is 2.56. The second kappa shape index (κ2) is 5.26. The van der Waals surface area contributed by atoms with Crippen LogP contribution in [0.5, 0.6) is 0 Å². The molecule has 0 radical (unpaired) electrons. The van der Waals surface area contributed by atoms with Crippen LogP contribution in [0.25, 0.3) is 0 Å². The zero-order valence-corrected chi connectivity index (χ0v) is 11.1. The van der Waals surface area contributed by atoms with E-state index in [0.29, 0.717) is 16.4 Å². The molecule has 15 heavy (non-hydrogen) atoms. The van der Waals surface area contributed by atoms with Crippen molar-refractivity contribution in [1.82, 2.24) is 4.90 Å². The summed E-state index contributed by atoms with van der Waals surface area (Å²) in [4.78, 5) is 3.15. The summed E-state index contributed by atoms with van der Waals surface area (Å²) in [6, 6.07) is 0.319. The lowest BCUT2D eigenvalue weighted by Crippen LogP contribution is -2.43. The third kappa shape index (κ3) is 2.70. The van der Waals surface area contributed by atoms with Crippen LogP contribution in [-0.4, -0.2) is 29.0 Å². The van der Waals surface area contributed by atoms with Gasteiger partial charge in [-0.25, -0.2) is 0 Å². The molecule has 0 aliphatic carbocycles. The molecule has 0 aromatic carbocycles. The number of hydrogen-bond acceptors (Lipinski definition) is 2. The Morgan fingerprint density at radius 1 is 1.40 bits per heavy atom. The first-order valence-electron chi connectivity index (χ1n) is 6.12. The molecule has 0 spiro atoms. The third-order valence-corrected chi connectivity index (χ3v) is 4.40. The first-order valence-corrected chi connectivity index (χ1v) is 6.52. The number of nitrogens with two attached hydrogens (primary N) is 1. The van der Waals surface area contributed by atoms with Crippen molar-refractivity contribution in [3.63, 3.8) is 0 Å². The van der Waals surface area contributed by atoms with Crippen molar-refractivity contribution in [3.8, 4) is 0 Å². The van der Waals surface area contributed by atoms with Gasteiger partial charge in [0.15, 0.2) is 0 Å². The Labute approximate surface area is 99.2 Å². The highest BCUT2D eigenvalue weighted by Crippen LogP contribution is 2.38. The van der Waals surface area contributed by atoms with Crippen molar-refractivity contribution in [2.45, 2.75) is 52.5 Å². The average Bonchev–Trinajstić information content (AvgIpc) is 2.64. The summed E-state index contributed by atoms with van der Waals surface area (Å²) in [5.74, 6) is 0. The van der Waals surface area contributed by atoms with Gasteiger partial charge in [-0.3, -0.25) is 4.90 Å². The summed E-state index contributed by atoms with van der Waals surface area (Å²) in [6.07, 6.45) is 4.89. The molecule has 0 aromatic rings. The van der Waals surface area contributed by atoms with Gasteiger partial charge in [0.05, 0.1) is 11.0 Å². The molecule has 1 unspecified atom stereocenters. The lowest BCUT2D eigenvalue weighted by molar-refractivity contribution is 0.221. The summed E-state index contributed by atoms with van der Waals surface area (Å²) >= 11 is 5.14. The van der Waals surface area contributed by atoms with Crippen LogP contribution in [0.2, 0.25) is 0 Å². The lowest BCUT2D eigenvalue weighted by Gasteiger charge is -2.30. The fourth-order valence-corrected chi connectivity index (χ4v) is 3.02. The summed E-state index contributed by atoms with van der Waals surface area (Å²) in [5.41, 5.74) is 6.31. The van der Waals surface area contributed by atoms with Crippen LogP contribution in [0.3, 0.4) is 0 Å². The van der Waals surface area contributed by atoms with Crippen molar-refractivity contribution in [2.75, 3.05) is 13.1 Å². The van der Waals surface area contributed by atoms with Gasteiger partial charge < -0.3 is 5.73 Å². The Morgan fingerprint density at radius 2 is 2.00 bits per heavy atom.